The van der Waals surface area contributed by atoms with Gasteiger partial charge in [0.05, 0.1) is 22.8 Å². The number of halogens is 3. The Hall–Kier alpha value is -1.31. The molecule has 0 aliphatic heterocycles. The Morgan fingerprint density at radius 2 is 1.87 bits per heavy atom. The second kappa shape index (κ2) is 7.99. The van der Waals surface area contributed by atoms with E-state index in [-0.39, 0.29) is 18.4 Å². The van der Waals surface area contributed by atoms with Crippen LogP contribution in [0.2, 0.25) is 10.0 Å². The molecule has 2 aromatic rings. The van der Waals surface area contributed by atoms with Crippen LogP contribution in [0.15, 0.2) is 36.4 Å². The summed E-state index contributed by atoms with van der Waals surface area (Å²) in [5.41, 5.74) is 1.98. The second-order valence-corrected chi connectivity index (χ2v) is 6.84. The van der Waals surface area contributed by atoms with E-state index in [9.17, 15) is 9.59 Å². The van der Waals surface area contributed by atoms with E-state index in [1.807, 2.05) is 35.6 Å². The van der Waals surface area contributed by atoms with Gasteiger partial charge in [-0.3, -0.25) is 9.59 Å². The molecule has 0 aliphatic rings. The van der Waals surface area contributed by atoms with E-state index in [2.05, 4.69) is 10.6 Å². The van der Waals surface area contributed by atoms with Crippen molar-refractivity contribution in [3.63, 3.8) is 0 Å². The van der Waals surface area contributed by atoms with Crippen molar-refractivity contribution in [1.29, 1.82) is 0 Å². The van der Waals surface area contributed by atoms with Crippen LogP contribution in [-0.4, -0.2) is 18.4 Å². The Kier molecular flexibility index (Phi) is 6.26. The topological polar surface area (TPSA) is 58.2 Å². The van der Waals surface area contributed by atoms with Crippen LogP contribution in [0, 0.1) is 10.5 Å². The molecule has 0 spiro atoms. The Labute approximate surface area is 157 Å². The molecule has 0 aliphatic carbocycles. The van der Waals surface area contributed by atoms with Gasteiger partial charge in [-0.25, -0.2) is 0 Å². The summed E-state index contributed by atoms with van der Waals surface area (Å²) in [6.07, 6.45) is 0. The summed E-state index contributed by atoms with van der Waals surface area (Å²) in [5.74, 6) is -0.690. The average Bonchev–Trinajstić information content (AvgIpc) is 2.48. The molecule has 2 amide bonds. The molecule has 0 saturated heterocycles. The van der Waals surface area contributed by atoms with Gasteiger partial charge in [0.15, 0.2) is 0 Å². The number of hydrogen-bond acceptors (Lipinski definition) is 2. The first-order chi connectivity index (χ1) is 10.9. The summed E-state index contributed by atoms with van der Waals surface area (Å²) in [7, 11) is 0. The van der Waals surface area contributed by atoms with Gasteiger partial charge in [-0.1, -0.05) is 29.3 Å². The van der Waals surface area contributed by atoms with Crippen LogP contribution in [0.4, 0.5) is 5.69 Å². The maximum absolute atomic E-state index is 12.1. The number of hydrogen-bond donors (Lipinski definition) is 2. The molecule has 23 heavy (non-hydrogen) atoms. The fourth-order valence-corrected chi connectivity index (χ4v) is 3.24. The Bertz CT molecular complexity index is 766. The van der Waals surface area contributed by atoms with Crippen LogP contribution < -0.4 is 10.6 Å². The lowest BCUT2D eigenvalue weighted by molar-refractivity contribution is -0.115. The normalized spacial score (nSPS) is 10.3. The molecule has 2 rings (SSSR count). The molecule has 0 atom stereocenters. The first-order valence-electron chi connectivity index (χ1n) is 6.66. The van der Waals surface area contributed by atoms with Gasteiger partial charge in [-0.15, -0.1) is 0 Å². The van der Waals surface area contributed by atoms with Crippen molar-refractivity contribution >= 4 is 63.3 Å². The van der Waals surface area contributed by atoms with Gasteiger partial charge in [0.2, 0.25) is 5.91 Å². The van der Waals surface area contributed by atoms with Crippen molar-refractivity contribution in [3.8, 4) is 0 Å². The van der Waals surface area contributed by atoms with Crippen LogP contribution in [0.25, 0.3) is 0 Å². The van der Waals surface area contributed by atoms with Crippen LogP contribution in [0.3, 0.4) is 0 Å². The highest BCUT2D eigenvalue weighted by molar-refractivity contribution is 14.1. The standard InChI is InChI=1S/C16H13Cl2IN2O2/c1-9-2-5-14(12(18)6-9)21-15(22)8-20-16(23)11-4-3-10(17)7-13(11)19/h2-7H,8H2,1H3,(H,20,23)(H,21,22). The minimum Gasteiger partial charge on any atom is -0.343 e. The summed E-state index contributed by atoms with van der Waals surface area (Å²) in [6.45, 7) is 1.76. The molecule has 0 bridgehead atoms. The van der Waals surface area contributed by atoms with Crippen molar-refractivity contribution in [1.82, 2.24) is 5.32 Å². The van der Waals surface area contributed by atoms with E-state index in [0.29, 0.717) is 21.3 Å². The molecule has 4 nitrogen and oxygen atoms in total. The second-order valence-electron chi connectivity index (χ2n) is 4.84. The molecule has 0 radical (unpaired) electrons. The van der Waals surface area contributed by atoms with E-state index < -0.39 is 0 Å². The van der Waals surface area contributed by atoms with Crippen molar-refractivity contribution in [2.45, 2.75) is 6.92 Å². The first-order valence-corrected chi connectivity index (χ1v) is 8.49. The maximum Gasteiger partial charge on any atom is 0.252 e. The summed E-state index contributed by atoms with van der Waals surface area (Å²) < 4.78 is 0.717. The van der Waals surface area contributed by atoms with Gasteiger partial charge in [0.1, 0.15) is 0 Å². The van der Waals surface area contributed by atoms with Crippen LogP contribution in [0.1, 0.15) is 15.9 Å². The lowest BCUT2D eigenvalue weighted by atomic mass is 10.2. The molecular formula is C16H13Cl2IN2O2. The van der Waals surface area contributed by atoms with E-state index >= 15 is 0 Å². The fraction of sp³-hybridized carbons (Fsp3) is 0.125. The molecule has 0 heterocycles. The van der Waals surface area contributed by atoms with Gasteiger partial charge in [0, 0.05) is 8.59 Å². The Morgan fingerprint density at radius 1 is 1.13 bits per heavy atom. The van der Waals surface area contributed by atoms with E-state index in [1.165, 1.54) is 0 Å². The van der Waals surface area contributed by atoms with Crippen molar-refractivity contribution in [2.24, 2.45) is 0 Å². The number of carbonyl (C=O) groups is 2. The highest BCUT2D eigenvalue weighted by Crippen LogP contribution is 2.22. The largest absolute Gasteiger partial charge is 0.343 e. The minimum atomic E-state index is -0.354. The number of anilines is 1. The number of carbonyl (C=O) groups excluding carboxylic acids is 2. The smallest absolute Gasteiger partial charge is 0.252 e. The minimum absolute atomic E-state index is 0.151. The highest BCUT2D eigenvalue weighted by Gasteiger charge is 2.12. The van der Waals surface area contributed by atoms with Crippen LogP contribution in [0.5, 0.6) is 0 Å². The Balaban J connectivity index is 1.94. The molecule has 120 valence electrons. The number of benzene rings is 2. The maximum atomic E-state index is 12.1. The number of amides is 2. The lowest BCUT2D eigenvalue weighted by Crippen LogP contribution is -2.33. The molecular weight excluding hydrogens is 450 g/mol. The predicted octanol–water partition coefficient (Wildman–Crippen LogP) is 4.27. The molecule has 0 aromatic heterocycles. The third kappa shape index (κ3) is 5.09. The number of rotatable bonds is 4. The summed E-state index contributed by atoms with van der Waals surface area (Å²) in [5, 5.41) is 6.24. The van der Waals surface area contributed by atoms with Crippen LogP contribution in [-0.2, 0) is 4.79 Å². The molecule has 2 aromatic carbocycles. The third-order valence-electron chi connectivity index (χ3n) is 2.98. The van der Waals surface area contributed by atoms with Gasteiger partial charge in [-0.05, 0) is 65.4 Å². The van der Waals surface area contributed by atoms with Gasteiger partial charge >= 0.3 is 0 Å². The predicted molar refractivity (Wildman–Crippen MR) is 101 cm³/mol. The molecule has 7 heteroatoms. The fourth-order valence-electron chi connectivity index (χ4n) is 1.85. The third-order valence-corrected chi connectivity index (χ3v) is 4.42. The zero-order chi connectivity index (χ0) is 17.0. The van der Waals surface area contributed by atoms with Crippen LogP contribution >= 0.6 is 45.8 Å². The zero-order valence-corrected chi connectivity index (χ0v) is 15.8. The Morgan fingerprint density at radius 3 is 2.52 bits per heavy atom. The average molecular weight is 463 g/mol. The molecule has 2 N–H and O–H groups in total. The number of nitrogens with one attached hydrogen (secondary N) is 2. The van der Waals surface area contributed by atoms with E-state index in [1.54, 1.807) is 30.3 Å². The van der Waals surface area contributed by atoms with Crippen molar-refractivity contribution in [2.75, 3.05) is 11.9 Å². The zero-order valence-electron chi connectivity index (χ0n) is 12.1. The van der Waals surface area contributed by atoms with E-state index in [0.717, 1.165) is 9.13 Å². The van der Waals surface area contributed by atoms with E-state index in [4.69, 9.17) is 23.2 Å². The van der Waals surface area contributed by atoms with Gasteiger partial charge in [-0.2, -0.15) is 0 Å². The SMILES string of the molecule is Cc1ccc(NC(=O)CNC(=O)c2ccc(Cl)cc2I)c(Cl)c1. The monoisotopic (exact) mass is 462 g/mol. The first kappa shape index (κ1) is 18.0. The summed E-state index contributed by atoms with van der Waals surface area (Å²) >= 11 is 13.9. The quantitative estimate of drug-likeness (QED) is 0.666. The van der Waals surface area contributed by atoms with Gasteiger partial charge < -0.3 is 10.6 Å². The number of aryl methyl sites for hydroxylation is 1. The highest BCUT2D eigenvalue weighted by atomic mass is 127. The summed E-state index contributed by atoms with van der Waals surface area (Å²) in [4.78, 5) is 24.0. The molecule has 0 fully saturated rings. The van der Waals surface area contributed by atoms with Crippen molar-refractivity contribution in [3.05, 3.63) is 61.1 Å². The summed E-state index contributed by atoms with van der Waals surface area (Å²) in [6, 6.07) is 10.3. The lowest BCUT2D eigenvalue weighted by Gasteiger charge is -2.10. The van der Waals surface area contributed by atoms with Crippen molar-refractivity contribution < 1.29 is 9.59 Å². The van der Waals surface area contributed by atoms with Gasteiger partial charge in [0.25, 0.3) is 5.91 Å². The molecule has 0 saturated carbocycles. The molecule has 0 unspecified atom stereocenters.